The molecule has 38 valence electrons. The van der Waals surface area contributed by atoms with Crippen molar-refractivity contribution in [2.75, 3.05) is 0 Å². The van der Waals surface area contributed by atoms with Gasteiger partial charge in [0.1, 0.15) is 11.2 Å². The molecule has 0 aliphatic rings. The standard InChI is InChI=1S/C4H6NOP/c1-3-2-4(7)5-6-3/h2H,7H2,1H3. The molecule has 0 N–H and O–H groups in total. The van der Waals surface area contributed by atoms with Crippen molar-refractivity contribution in [1.29, 1.82) is 0 Å². The van der Waals surface area contributed by atoms with Gasteiger partial charge in [0.15, 0.2) is 0 Å². The number of rotatable bonds is 0. The largest absolute Gasteiger partial charge is 0.361 e. The third-order valence-electron chi connectivity index (χ3n) is 0.646. The summed E-state index contributed by atoms with van der Waals surface area (Å²) in [5, 5.41) is 3.60. The van der Waals surface area contributed by atoms with E-state index in [1.807, 2.05) is 13.0 Å². The zero-order valence-corrected chi connectivity index (χ0v) is 5.16. The second kappa shape index (κ2) is 1.63. The molecular formula is C4H6NOP. The first-order valence-corrected chi connectivity index (χ1v) is 2.55. The molecule has 3 heteroatoms. The van der Waals surface area contributed by atoms with Gasteiger partial charge in [-0.2, -0.15) is 0 Å². The van der Waals surface area contributed by atoms with E-state index >= 15 is 0 Å². The second-order valence-corrected chi connectivity index (χ2v) is 1.95. The van der Waals surface area contributed by atoms with E-state index in [1.165, 1.54) is 0 Å². The third-order valence-corrected chi connectivity index (χ3v) is 0.918. The number of aromatic nitrogens is 1. The predicted molar refractivity (Wildman–Crippen MR) is 30.6 cm³/mol. The van der Waals surface area contributed by atoms with Crippen molar-refractivity contribution in [3.8, 4) is 0 Å². The summed E-state index contributed by atoms with van der Waals surface area (Å²) in [6.45, 7) is 1.86. The zero-order chi connectivity index (χ0) is 5.28. The zero-order valence-electron chi connectivity index (χ0n) is 4.01. The minimum atomic E-state index is 0.852. The van der Waals surface area contributed by atoms with Gasteiger partial charge in [-0.1, -0.05) is 14.4 Å². The Balaban J connectivity index is 3.04. The van der Waals surface area contributed by atoms with Crippen molar-refractivity contribution in [1.82, 2.24) is 5.16 Å². The maximum absolute atomic E-state index is 4.69. The summed E-state index contributed by atoms with van der Waals surface area (Å²) >= 11 is 0. The van der Waals surface area contributed by atoms with Gasteiger partial charge in [0.05, 0.1) is 0 Å². The smallest absolute Gasteiger partial charge is 0.134 e. The highest BCUT2D eigenvalue weighted by Crippen LogP contribution is 1.92. The van der Waals surface area contributed by atoms with Crippen molar-refractivity contribution >= 4 is 14.7 Å². The maximum Gasteiger partial charge on any atom is 0.134 e. The molecule has 0 fully saturated rings. The van der Waals surface area contributed by atoms with Crippen LogP contribution in [0.3, 0.4) is 0 Å². The molecule has 0 saturated heterocycles. The summed E-state index contributed by atoms with van der Waals surface area (Å²) in [5.41, 5.74) is 0.859. The molecule has 0 amide bonds. The van der Waals surface area contributed by atoms with Gasteiger partial charge < -0.3 is 4.52 Å². The summed E-state index contributed by atoms with van der Waals surface area (Å²) in [6, 6.07) is 1.85. The molecule has 0 aliphatic heterocycles. The second-order valence-electron chi connectivity index (χ2n) is 1.36. The Hall–Kier alpha value is -0.360. The highest BCUT2D eigenvalue weighted by molar-refractivity contribution is 7.26. The van der Waals surface area contributed by atoms with Crippen molar-refractivity contribution in [2.45, 2.75) is 6.92 Å². The van der Waals surface area contributed by atoms with Crippen LogP contribution in [0.15, 0.2) is 10.6 Å². The Labute approximate surface area is 44.1 Å². The predicted octanol–water partition coefficient (Wildman–Crippen LogP) is 0.483. The number of hydrogen-bond donors (Lipinski definition) is 0. The summed E-state index contributed by atoms with van der Waals surface area (Å²) in [7, 11) is 2.45. The van der Waals surface area contributed by atoms with Crippen LogP contribution in [0, 0.1) is 6.92 Å². The van der Waals surface area contributed by atoms with E-state index < -0.39 is 0 Å². The van der Waals surface area contributed by atoms with Crippen molar-refractivity contribution < 1.29 is 4.52 Å². The molecule has 1 unspecified atom stereocenters. The van der Waals surface area contributed by atoms with E-state index in [0.717, 1.165) is 11.2 Å². The topological polar surface area (TPSA) is 26.0 Å². The number of aryl methyl sites for hydroxylation is 1. The number of hydrogen-bond acceptors (Lipinski definition) is 2. The summed E-state index contributed by atoms with van der Waals surface area (Å²) < 4.78 is 4.69. The lowest BCUT2D eigenvalue weighted by molar-refractivity contribution is 0.402. The van der Waals surface area contributed by atoms with Crippen LogP contribution in [0.4, 0.5) is 0 Å². The highest BCUT2D eigenvalue weighted by Gasteiger charge is 1.88. The van der Waals surface area contributed by atoms with Crippen LogP contribution in [0.25, 0.3) is 0 Å². The van der Waals surface area contributed by atoms with Crippen molar-refractivity contribution in [3.63, 3.8) is 0 Å². The Kier molecular flexibility index (Phi) is 1.11. The Morgan fingerprint density at radius 3 is 2.71 bits per heavy atom. The molecule has 1 aromatic rings. The fourth-order valence-corrected chi connectivity index (χ4v) is 0.673. The van der Waals surface area contributed by atoms with Gasteiger partial charge in [-0.3, -0.25) is 0 Å². The fraction of sp³-hybridized carbons (Fsp3) is 0.250. The molecule has 1 atom stereocenters. The van der Waals surface area contributed by atoms with Gasteiger partial charge in [-0.25, -0.2) is 0 Å². The minimum absolute atomic E-state index is 0.852. The average molecular weight is 115 g/mol. The molecule has 0 saturated carbocycles. The molecular weight excluding hydrogens is 109 g/mol. The fourth-order valence-electron chi connectivity index (χ4n) is 0.386. The Morgan fingerprint density at radius 2 is 2.57 bits per heavy atom. The Morgan fingerprint density at radius 1 is 1.86 bits per heavy atom. The lowest BCUT2D eigenvalue weighted by Gasteiger charge is -1.65. The average Bonchev–Trinajstić information content (AvgIpc) is 1.87. The number of nitrogens with zero attached hydrogens (tertiary/aromatic N) is 1. The van der Waals surface area contributed by atoms with E-state index in [1.54, 1.807) is 0 Å². The van der Waals surface area contributed by atoms with E-state index in [0.29, 0.717) is 0 Å². The minimum Gasteiger partial charge on any atom is -0.361 e. The SMILES string of the molecule is Cc1cc(P)no1. The van der Waals surface area contributed by atoms with Crippen molar-refractivity contribution in [2.24, 2.45) is 0 Å². The van der Waals surface area contributed by atoms with Gasteiger partial charge in [0, 0.05) is 6.07 Å². The van der Waals surface area contributed by atoms with Gasteiger partial charge in [0.25, 0.3) is 0 Å². The Bertz CT molecular complexity index is 144. The molecule has 0 aromatic carbocycles. The maximum atomic E-state index is 4.69. The summed E-state index contributed by atoms with van der Waals surface area (Å²) in [4.78, 5) is 0. The van der Waals surface area contributed by atoms with Crippen LogP contribution in [-0.4, -0.2) is 5.16 Å². The van der Waals surface area contributed by atoms with Crippen LogP contribution in [-0.2, 0) is 0 Å². The first-order valence-electron chi connectivity index (χ1n) is 1.98. The molecule has 1 rings (SSSR count). The van der Waals surface area contributed by atoms with E-state index in [2.05, 4.69) is 14.4 Å². The monoisotopic (exact) mass is 115 g/mol. The van der Waals surface area contributed by atoms with E-state index in [-0.39, 0.29) is 0 Å². The normalized spacial score (nSPS) is 9.43. The van der Waals surface area contributed by atoms with Crippen LogP contribution in [0.5, 0.6) is 0 Å². The summed E-state index contributed by atoms with van der Waals surface area (Å²) in [5.74, 6) is 0.852. The van der Waals surface area contributed by atoms with Gasteiger partial charge in [-0.05, 0) is 6.92 Å². The van der Waals surface area contributed by atoms with E-state index in [9.17, 15) is 0 Å². The lowest BCUT2D eigenvalue weighted by atomic mass is 10.5. The molecule has 7 heavy (non-hydrogen) atoms. The van der Waals surface area contributed by atoms with Crippen LogP contribution < -0.4 is 5.44 Å². The van der Waals surface area contributed by atoms with Crippen LogP contribution in [0.2, 0.25) is 0 Å². The van der Waals surface area contributed by atoms with Crippen molar-refractivity contribution in [3.05, 3.63) is 11.8 Å². The molecule has 2 nitrogen and oxygen atoms in total. The van der Waals surface area contributed by atoms with Gasteiger partial charge in [0.2, 0.25) is 0 Å². The molecule has 0 spiro atoms. The molecule has 0 aliphatic carbocycles. The highest BCUT2D eigenvalue weighted by atomic mass is 31.0. The lowest BCUT2D eigenvalue weighted by Crippen LogP contribution is -1.83. The first kappa shape index (κ1) is 4.79. The van der Waals surface area contributed by atoms with Gasteiger partial charge in [-0.15, -0.1) is 0 Å². The van der Waals surface area contributed by atoms with Gasteiger partial charge >= 0.3 is 0 Å². The quantitative estimate of drug-likeness (QED) is 0.460. The molecule has 1 heterocycles. The summed E-state index contributed by atoms with van der Waals surface area (Å²) in [6.07, 6.45) is 0. The first-order chi connectivity index (χ1) is 3.29. The molecule has 0 radical (unpaired) electrons. The molecule has 0 bridgehead atoms. The van der Waals surface area contributed by atoms with E-state index in [4.69, 9.17) is 4.52 Å². The molecule has 1 aromatic heterocycles. The third kappa shape index (κ3) is 1.00. The van der Waals surface area contributed by atoms with Crippen LogP contribution >= 0.6 is 9.24 Å². The van der Waals surface area contributed by atoms with Crippen LogP contribution in [0.1, 0.15) is 5.76 Å².